The molecule has 0 spiro atoms. The van der Waals surface area contributed by atoms with Gasteiger partial charge in [-0.2, -0.15) is 0 Å². The fraction of sp³-hybridized carbons (Fsp3) is 0.917. The first-order valence-electron chi connectivity index (χ1n) is 6.05. The van der Waals surface area contributed by atoms with Crippen LogP contribution in [0.25, 0.3) is 0 Å². The van der Waals surface area contributed by atoms with Crippen molar-refractivity contribution in [3.05, 3.63) is 0 Å². The zero-order valence-electron chi connectivity index (χ0n) is 10.8. The summed E-state index contributed by atoms with van der Waals surface area (Å²) >= 11 is 0. The fourth-order valence-corrected chi connectivity index (χ4v) is 2.01. The minimum absolute atomic E-state index is 0.189. The number of rotatable bonds is 4. The van der Waals surface area contributed by atoms with Crippen LogP contribution in [0, 0.1) is 0 Å². The average molecular weight is 231 g/mol. The van der Waals surface area contributed by atoms with E-state index in [1.165, 1.54) is 20.6 Å². The Balaban J connectivity index is 0.00000106. The zero-order chi connectivity index (χ0) is 12.4. The quantitative estimate of drug-likeness (QED) is 0.750. The van der Waals surface area contributed by atoms with E-state index >= 15 is 0 Å². The van der Waals surface area contributed by atoms with Crippen LogP contribution in [0.3, 0.4) is 0 Å². The van der Waals surface area contributed by atoms with E-state index < -0.39 is 5.60 Å². The maximum absolute atomic E-state index is 11.6. The molecule has 1 fully saturated rings. The number of carbonyl (C=O) groups excluding carboxylic acids is 1. The Hall–Kier alpha value is -0.610. The molecule has 4 nitrogen and oxygen atoms in total. The van der Waals surface area contributed by atoms with Crippen molar-refractivity contribution in [1.82, 2.24) is 0 Å². The fourth-order valence-electron chi connectivity index (χ4n) is 2.01. The monoisotopic (exact) mass is 231 g/mol. The van der Waals surface area contributed by atoms with E-state index in [2.05, 4.69) is 5.73 Å². The van der Waals surface area contributed by atoms with Crippen LogP contribution < -0.4 is 5.73 Å². The normalized spacial score (nSPS) is 18.2. The van der Waals surface area contributed by atoms with Gasteiger partial charge in [0.1, 0.15) is 0 Å². The van der Waals surface area contributed by atoms with E-state index in [0.29, 0.717) is 6.61 Å². The highest BCUT2D eigenvalue weighted by molar-refractivity contribution is 5.79. The number of hydrogen-bond acceptors (Lipinski definition) is 4. The van der Waals surface area contributed by atoms with E-state index in [0.717, 1.165) is 32.1 Å². The molecule has 1 aliphatic carbocycles. The van der Waals surface area contributed by atoms with Gasteiger partial charge < -0.3 is 15.2 Å². The first kappa shape index (κ1) is 15.4. The van der Waals surface area contributed by atoms with Crippen molar-refractivity contribution in [1.29, 1.82) is 0 Å². The predicted molar refractivity (Wildman–Crippen MR) is 64.2 cm³/mol. The maximum Gasteiger partial charge on any atom is 0.338 e. The van der Waals surface area contributed by atoms with Crippen molar-refractivity contribution in [2.24, 2.45) is 5.73 Å². The van der Waals surface area contributed by atoms with Crippen LogP contribution in [0.5, 0.6) is 0 Å². The van der Waals surface area contributed by atoms with Crippen LogP contribution in [0.1, 0.15) is 45.4 Å². The summed E-state index contributed by atoms with van der Waals surface area (Å²) in [4.78, 5) is 11.6. The first-order valence-corrected chi connectivity index (χ1v) is 6.05. The molecule has 16 heavy (non-hydrogen) atoms. The Morgan fingerprint density at radius 3 is 2.25 bits per heavy atom. The van der Waals surface area contributed by atoms with E-state index in [1.54, 1.807) is 0 Å². The smallest absolute Gasteiger partial charge is 0.338 e. The molecule has 0 unspecified atom stereocenters. The summed E-state index contributed by atoms with van der Waals surface area (Å²) in [5.74, 6) is -0.189. The molecule has 1 rings (SSSR count). The third kappa shape index (κ3) is 4.10. The van der Waals surface area contributed by atoms with Gasteiger partial charge in [0.2, 0.25) is 0 Å². The highest BCUT2D eigenvalue weighted by Gasteiger charge is 2.41. The van der Waals surface area contributed by atoms with Gasteiger partial charge in [-0.05, 0) is 39.2 Å². The molecule has 1 aliphatic rings. The van der Waals surface area contributed by atoms with Gasteiger partial charge in [-0.15, -0.1) is 0 Å². The van der Waals surface area contributed by atoms with Gasteiger partial charge in [-0.1, -0.05) is 13.3 Å². The topological polar surface area (TPSA) is 61.5 Å². The van der Waals surface area contributed by atoms with Crippen molar-refractivity contribution in [2.45, 2.75) is 51.0 Å². The van der Waals surface area contributed by atoms with E-state index in [4.69, 9.17) is 9.47 Å². The van der Waals surface area contributed by atoms with Crippen LogP contribution in [0.4, 0.5) is 0 Å². The number of esters is 1. The largest absolute Gasteiger partial charge is 0.467 e. The van der Waals surface area contributed by atoms with E-state index in [-0.39, 0.29) is 5.97 Å². The summed E-state index contributed by atoms with van der Waals surface area (Å²) in [6.07, 6.45) is 5.92. The molecule has 0 bridgehead atoms. The van der Waals surface area contributed by atoms with Gasteiger partial charge in [-0.3, -0.25) is 0 Å². The van der Waals surface area contributed by atoms with Gasteiger partial charge in [0, 0.05) is 6.61 Å². The van der Waals surface area contributed by atoms with Crippen LogP contribution in [-0.4, -0.2) is 32.3 Å². The predicted octanol–water partition coefficient (Wildman–Crippen LogP) is 1.86. The molecule has 0 aromatic carbocycles. The molecule has 1 saturated carbocycles. The Morgan fingerprint density at radius 1 is 1.25 bits per heavy atom. The van der Waals surface area contributed by atoms with Crippen LogP contribution in [-0.2, 0) is 14.3 Å². The first-order chi connectivity index (χ1) is 7.75. The van der Waals surface area contributed by atoms with Crippen molar-refractivity contribution >= 4 is 5.97 Å². The van der Waals surface area contributed by atoms with Gasteiger partial charge >= 0.3 is 5.97 Å². The lowest BCUT2D eigenvalue weighted by atomic mass is 9.84. The highest BCUT2D eigenvalue weighted by atomic mass is 16.6. The molecule has 4 heteroatoms. The van der Waals surface area contributed by atoms with Gasteiger partial charge in [0.15, 0.2) is 5.60 Å². The van der Waals surface area contributed by atoms with E-state index in [1.807, 2.05) is 6.92 Å². The van der Waals surface area contributed by atoms with Crippen molar-refractivity contribution in [3.8, 4) is 0 Å². The van der Waals surface area contributed by atoms with Crippen molar-refractivity contribution in [2.75, 3.05) is 20.8 Å². The molecule has 0 amide bonds. The van der Waals surface area contributed by atoms with E-state index in [9.17, 15) is 4.79 Å². The minimum Gasteiger partial charge on any atom is -0.467 e. The Morgan fingerprint density at radius 2 is 1.81 bits per heavy atom. The summed E-state index contributed by atoms with van der Waals surface area (Å²) in [7, 11) is 2.94. The SMILES string of the molecule is CCCOC1(C(=O)OC)CCCCC1.CN. The molecule has 0 heterocycles. The molecular weight excluding hydrogens is 206 g/mol. The van der Waals surface area contributed by atoms with Crippen LogP contribution in [0.2, 0.25) is 0 Å². The minimum atomic E-state index is -0.622. The molecule has 96 valence electrons. The van der Waals surface area contributed by atoms with Crippen molar-refractivity contribution in [3.63, 3.8) is 0 Å². The summed E-state index contributed by atoms with van der Waals surface area (Å²) < 4.78 is 10.5. The third-order valence-corrected chi connectivity index (χ3v) is 2.80. The molecular formula is C12H25NO3. The second kappa shape index (κ2) is 8.53. The molecule has 0 atom stereocenters. The average Bonchev–Trinajstić information content (AvgIpc) is 2.39. The number of nitrogens with two attached hydrogens (primary N) is 1. The summed E-state index contributed by atoms with van der Waals surface area (Å²) in [5, 5.41) is 0. The lowest BCUT2D eigenvalue weighted by molar-refractivity contribution is -0.174. The zero-order valence-corrected chi connectivity index (χ0v) is 10.8. The Bertz CT molecular complexity index is 189. The van der Waals surface area contributed by atoms with Gasteiger partial charge in [0.05, 0.1) is 7.11 Å². The summed E-state index contributed by atoms with van der Waals surface area (Å²) in [6.45, 7) is 2.70. The number of methoxy groups -OCH3 is 1. The van der Waals surface area contributed by atoms with Gasteiger partial charge in [0.25, 0.3) is 0 Å². The van der Waals surface area contributed by atoms with Crippen LogP contribution in [0.15, 0.2) is 0 Å². The summed E-state index contributed by atoms with van der Waals surface area (Å²) in [5.41, 5.74) is 3.88. The number of hydrogen-bond donors (Lipinski definition) is 1. The Kier molecular flexibility index (Phi) is 8.21. The van der Waals surface area contributed by atoms with Crippen LogP contribution >= 0.6 is 0 Å². The van der Waals surface area contributed by atoms with Gasteiger partial charge in [-0.25, -0.2) is 4.79 Å². The molecule has 0 aromatic heterocycles. The highest BCUT2D eigenvalue weighted by Crippen LogP contribution is 2.32. The molecule has 0 radical (unpaired) electrons. The standard InChI is InChI=1S/C11H20O3.CH5N/c1-3-9-14-11(10(12)13-2)7-5-4-6-8-11;1-2/h3-9H2,1-2H3;2H2,1H3. The number of carbonyl (C=O) groups is 1. The molecule has 2 N–H and O–H groups in total. The Labute approximate surface area is 98.5 Å². The maximum atomic E-state index is 11.6. The number of ether oxygens (including phenoxy) is 2. The molecule has 0 saturated heterocycles. The second-order valence-corrected chi connectivity index (χ2v) is 3.89. The molecule has 0 aliphatic heterocycles. The molecule has 0 aromatic rings. The lowest BCUT2D eigenvalue weighted by Crippen LogP contribution is -2.44. The van der Waals surface area contributed by atoms with Crippen molar-refractivity contribution < 1.29 is 14.3 Å². The second-order valence-electron chi connectivity index (χ2n) is 3.89. The lowest BCUT2D eigenvalue weighted by Gasteiger charge is -2.34. The summed E-state index contributed by atoms with van der Waals surface area (Å²) in [6, 6.07) is 0. The third-order valence-electron chi connectivity index (χ3n) is 2.80.